The van der Waals surface area contributed by atoms with Gasteiger partial charge in [-0.1, -0.05) is 0 Å². The van der Waals surface area contributed by atoms with Crippen molar-refractivity contribution in [3.8, 4) is 5.88 Å². The maximum absolute atomic E-state index is 9.51. The Labute approximate surface area is 102 Å². The van der Waals surface area contributed by atoms with E-state index in [2.05, 4.69) is 9.88 Å². The van der Waals surface area contributed by atoms with Crippen molar-refractivity contribution in [2.24, 2.45) is 0 Å². The number of aliphatic hydroxyl groups is 1. The number of aromatic nitrogens is 1. The molecular weight excluding hydrogens is 216 g/mol. The Bertz CT molecular complexity index is 368. The van der Waals surface area contributed by atoms with E-state index in [4.69, 9.17) is 4.74 Å². The third-order valence-electron chi connectivity index (χ3n) is 3.25. The molecule has 2 rings (SSSR count). The molecule has 2 unspecified atom stereocenters. The van der Waals surface area contributed by atoms with E-state index < -0.39 is 0 Å². The van der Waals surface area contributed by atoms with Gasteiger partial charge in [0.25, 0.3) is 0 Å². The molecular formula is C13H20N2O2. The summed E-state index contributed by atoms with van der Waals surface area (Å²) in [5, 5.41) is 9.51. The molecule has 0 radical (unpaired) electrons. The highest BCUT2D eigenvalue weighted by Crippen LogP contribution is 2.29. The summed E-state index contributed by atoms with van der Waals surface area (Å²) in [4.78, 5) is 6.46. The van der Waals surface area contributed by atoms with Crippen molar-refractivity contribution in [3.05, 3.63) is 18.3 Å². The van der Waals surface area contributed by atoms with Gasteiger partial charge in [0.2, 0.25) is 5.88 Å². The molecule has 0 aliphatic carbocycles. The van der Waals surface area contributed by atoms with Crippen molar-refractivity contribution in [1.29, 1.82) is 0 Å². The molecule has 1 saturated heterocycles. The van der Waals surface area contributed by atoms with Crippen molar-refractivity contribution in [2.75, 3.05) is 18.6 Å². The van der Waals surface area contributed by atoms with Gasteiger partial charge in [-0.25, -0.2) is 4.98 Å². The summed E-state index contributed by atoms with van der Waals surface area (Å²) in [7, 11) is 1.63. The number of methoxy groups -OCH3 is 1. The van der Waals surface area contributed by atoms with E-state index in [1.54, 1.807) is 13.3 Å². The molecule has 1 aliphatic rings. The summed E-state index contributed by atoms with van der Waals surface area (Å²) in [5.41, 5.74) is 1.14. The minimum atomic E-state index is -0.246. The van der Waals surface area contributed by atoms with E-state index in [1.807, 2.05) is 19.1 Å². The molecule has 0 saturated carbocycles. The number of aliphatic hydroxyl groups excluding tert-OH is 1. The minimum Gasteiger partial charge on any atom is -0.481 e. The summed E-state index contributed by atoms with van der Waals surface area (Å²) < 4.78 is 5.14. The van der Waals surface area contributed by atoms with E-state index >= 15 is 0 Å². The second-order valence-electron chi connectivity index (χ2n) is 4.63. The molecule has 1 aliphatic heterocycles. The van der Waals surface area contributed by atoms with Crippen molar-refractivity contribution in [1.82, 2.24) is 4.98 Å². The summed E-state index contributed by atoms with van der Waals surface area (Å²) in [6, 6.07) is 4.39. The molecule has 1 aromatic rings. The van der Waals surface area contributed by atoms with Crippen LogP contribution in [0, 0.1) is 0 Å². The van der Waals surface area contributed by atoms with Gasteiger partial charge in [0.15, 0.2) is 0 Å². The second-order valence-corrected chi connectivity index (χ2v) is 4.63. The molecule has 2 heterocycles. The Balaban J connectivity index is 2.14. The van der Waals surface area contributed by atoms with Crippen molar-refractivity contribution in [2.45, 2.75) is 38.3 Å². The molecule has 4 nitrogen and oxygen atoms in total. The van der Waals surface area contributed by atoms with E-state index in [9.17, 15) is 5.11 Å². The number of rotatable bonds is 4. The average Bonchev–Trinajstić information content (AvgIpc) is 2.76. The second kappa shape index (κ2) is 5.36. The van der Waals surface area contributed by atoms with Gasteiger partial charge >= 0.3 is 0 Å². The van der Waals surface area contributed by atoms with Crippen LogP contribution in [-0.4, -0.2) is 35.9 Å². The average molecular weight is 236 g/mol. The Morgan fingerprint density at radius 1 is 1.65 bits per heavy atom. The van der Waals surface area contributed by atoms with Crippen LogP contribution < -0.4 is 9.64 Å². The van der Waals surface area contributed by atoms with Crippen LogP contribution in [0.15, 0.2) is 18.3 Å². The molecule has 1 N–H and O–H groups in total. The highest BCUT2D eigenvalue weighted by molar-refractivity contribution is 5.50. The van der Waals surface area contributed by atoms with E-state index in [0.29, 0.717) is 11.9 Å². The highest BCUT2D eigenvalue weighted by atomic mass is 16.5. The summed E-state index contributed by atoms with van der Waals surface area (Å²) in [5.74, 6) is 0.644. The number of hydrogen-bond acceptors (Lipinski definition) is 4. The fraction of sp³-hybridized carbons (Fsp3) is 0.615. The van der Waals surface area contributed by atoms with Gasteiger partial charge in [0.05, 0.1) is 13.2 Å². The van der Waals surface area contributed by atoms with Gasteiger partial charge in [0, 0.05) is 30.5 Å². The lowest BCUT2D eigenvalue weighted by Crippen LogP contribution is -2.31. The largest absolute Gasteiger partial charge is 0.481 e. The van der Waals surface area contributed by atoms with Gasteiger partial charge in [-0.3, -0.25) is 0 Å². The summed E-state index contributed by atoms with van der Waals surface area (Å²) in [6.45, 7) is 2.90. The normalized spacial score (nSPS) is 21.6. The topological polar surface area (TPSA) is 45.6 Å². The molecule has 0 bridgehead atoms. The van der Waals surface area contributed by atoms with Crippen LogP contribution in [0.4, 0.5) is 5.69 Å². The van der Waals surface area contributed by atoms with Gasteiger partial charge in [-0.05, 0) is 32.3 Å². The van der Waals surface area contributed by atoms with Crippen LogP contribution in [-0.2, 0) is 0 Å². The number of pyridine rings is 1. The van der Waals surface area contributed by atoms with Crippen LogP contribution >= 0.6 is 0 Å². The Kier molecular flexibility index (Phi) is 3.84. The quantitative estimate of drug-likeness (QED) is 0.866. The van der Waals surface area contributed by atoms with Gasteiger partial charge < -0.3 is 14.7 Å². The number of nitrogens with zero attached hydrogens (tertiary/aromatic N) is 2. The monoisotopic (exact) mass is 236 g/mol. The van der Waals surface area contributed by atoms with Crippen LogP contribution in [0.25, 0.3) is 0 Å². The van der Waals surface area contributed by atoms with Crippen LogP contribution in [0.5, 0.6) is 5.88 Å². The fourth-order valence-corrected chi connectivity index (χ4v) is 2.50. The maximum atomic E-state index is 9.51. The number of anilines is 1. The molecule has 0 spiro atoms. The lowest BCUT2D eigenvalue weighted by atomic mass is 10.1. The third kappa shape index (κ3) is 2.88. The first-order valence-electron chi connectivity index (χ1n) is 6.15. The third-order valence-corrected chi connectivity index (χ3v) is 3.25. The zero-order chi connectivity index (χ0) is 12.3. The lowest BCUT2D eigenvalue weighted by molar-refractivity contribution is 0.175. The molecule has 1 aromatic heterocycles. The number of ether oxygens (including phenoxy) is 1. The standard InChI is InChI=1S/C13H20N2O2/c1-10(16)8-11-4-3-7-15(11)12-5-6-14-13(9-12)17-2/h5-6,9-11,16H,3-4,7-8H2,1-2H3. The Morgan fingerprint density at radius 3 is 3.18 bits per heavy atom. The molecule has 17 heavy (non-hydrogen) atoms. The first kappa shape index (κ1) is 12.2. The zero-order valence-electron chi connectivity index (χ0n) is 10.5. The molecule has 2 atom stereocenters. The first-order chi connectivity index (χ1) is 8.20. The predicted molar refractivity (Wildman–Crippen MR) is 67.5 cm³/mol. The zero-order valence-corrected chi connectivity index (χ0v) is 10.5. The van der Waals surface area contributed by atoms with E-state index in [-0.39, 0.29) is 6.10 Å². The lowest BCUT2D eigenvalue weighted by Gasteiger charge is -2.27. The van der Waals surface area contributed by atoms with Crippen molar-refractivity contribution < 1.29 is 9.84 Å². The van der Waals surface area contributed by atoms with Crippen molar-refractivity contribution >= 4 is 5.69 Å². The molecule has 94 valence electrons. The molecule has 1 fully saturated rings. The Hall–Kier alpha value is -1.29. The van der Waals surface area contributed by atoms with Gasteiger partial charge in [-0.15, -0.1) is 0 Å². The fourth-order valence-electron chi connectivity index (χ4n) is 2.50. The Morgan fingerprint density at radius 2 is 2.47 bits per heavy atom. The molecule has 0 amide bonds. The maximum Gasteiger partial charge on any atom is 0.214 e. The van der Waals surface area contributed by atoms with Crippen LogP contribution in [0.1, 0.15) is 26.2 Å². The minimum absolute atomic E-state index is 0.246. The summed E-state index contributed by atoms with van der Waals surface area (Å²) >= 11 is 0. The highest BCUT2D eigenvalue weighted by Gasteiger charge is 2.26. The first-order valence-corrected chi connectivity index (χ1v) is 6.15. The van der Waals surface area contributed by atoms with Gasteiger partial charge in [0.1, 0.15) is 0 Å². The van der Waals surface area contributed by atoms with E-state index in [1.165, 1.54) is 6.42 Å². The van der Waals surface area contributed by atoms with Gasteiger partial charge in [-0.2, -0.15) is 0 Å². The molecule has 0 aromatic carbocycles. The smallest absolute Gasteiger partial charge is 0.214 e. The number of hydrogen-bond donors (Lipinski definition) is 1. The molecule has 4 heteroatoms. The SMILES string of the molecule is COc1cc(N2CCCC2CC(C)O)ccn1. The van der Waals surface area contributed by atoms with Crippen LogP contribution in [0.2, 0.25) is 0 Å². The predicted octanol–water partition coefficient (Wildman–Crippen LogP) is 1.83. The van der Waals surface area contributed by atoms with E-state index in [0.717, 1.165) is 25.1 Å². The van der Waals surface area contributed by atoms with Crippen LogP contribution in [0.3, 0.4) is 0 Å². The van der Waals surface area contributed by atoms with Crippen molar-refractivity contribution in [3.63, 3.8) is 0 Å². The summed E-state index contributed by atoms with van der Waals surface area (Å²) in [6.07, 6.45) is 4.68.